The van der Waals surface area contributed by atoms with Gasteiger partial charge in [0.15, 0.2) is 0 Å². The van der Waals surface area contributed by atoms with Gasteiger partial charge in [-0.05, 0) is 17.6 Å². The number of benzene rings is 1. The molecule has 1 N–H and O–H groups in total. The zero-order valence-corrected chi connectivity index (χ0v) is 11.7. The van der Waals surface area contributed by atoms with Crippen molar-refractivity contribution in [2.45, 2.75) is 23.3 Å². The fourth-order valence-electron chi connectivity index (χ4n) is 1.18. The third kappa shape index (κ3) is 4.80. The Hall–Kier alpha value is -0.910. The quantitative estimate of drug-likeness (QED) is 0.484. The van der Waals surface area contributed by atoms with Crippen molar-refractivity contribution >= 4 is 22.2 Å². The zero-order chi connectivity index (χ0) is 16.3. The van der Waals surface area contributed by atoms with Gasteiger partial charge in [0, 0.05) is 5.75 Å². The van der Waals surface area contributed by atoms with Crippen LogP contribution in [0.3, 0.4) is 0 Å². The molecule has 4 nitrogen and oxygen atoms in total. The minimum Gasteiger partial charge on any atom is -0.294 e. The Morgan fingerprint density at radius 3 is 2.10 bits per heavy atom. The van der Waals surface area contributed by atoms with Gasteiger partial charge >= 0.3 is 21.5 Å². The van der Waals surface area contributed by atoms with Gasteiger partial charge in [-0.2, -0.15) is 30.4 Å². The van der Waals surface area contributed by atoms with E-state index in [1.807, 2.05) is 0 Å². The lowest BCUT2D eigenvalue weighted by atomic mass is 10.2. The molecule has 0 saturated heterocycles. The first-order valence-electron chi connectivity index (χ1n) is 5.20. The summed E-state index contributed by atoms with van der Waals surface area (Å²) in [7, 11) is -6.27. The third-order valence-electron chi connectivity index (χ3n) is 2.18. The van der Waals surface area contributed by atoms with Crippen LogP contribution < -0.4 is 0 Å². The fourth-order valence-corrected chi connectivity index (χ4v) is 2.46. The molecule has 0 aliphatic carbocycles. The second-order valence-electron chi connectivity index (χ2n) is 3.80. The Morgan fingerprint density at radius 1 is 1.14 bits per heavy atom. The molecule has 0 saturated carbocycles. The van der Waals surface area contributed by atoms with Crippen molar-refractivity contribution in [2.24, 2.45) is 0 Å². The number of alkyl halides is 5. The van der Waals surface area contributed by atoms with E-state index in [0.717, 1.165) is 0 Å². The normalized spacial score (nSPS) is 15.0. The monoisotopic (exact) mass is 352 g/mol. The van der Waals surface area contributed by atoms with Gasteiger partial charge in [-0.25, -0.2) is 0 Å². The summed E-state index contributed by atoms with van der Waals surface area (Å²) >= 11 is 0.00875. The highest BCUT2D eigenvalue weighted by Crippen LogP contribution is 2.40. The molecule has 11 heteroatoms. The van der Waals surface area contributed by atoms with Crippen molar-refractivity contribution in [2.75, 3.05) is 0 Å². The first-order valence-corrected chi connectivity index (χ1v) is 7.55. The largest absolute Gasteiger partial charge is 0.423 e. The molecule has 1 aromatic carbocycles. The summed E-state index contributed by atoms with van der Waals surface area (Å²) in [6, 6.07) is 7.81. The van der Waals surface area contributed by atoms with Gasteiger partial charge in [-0.1, -0.05) is 30.3 Å². The summed E-state index contributed by atoms with van der Waals surface area (Å²) in [5, 5.41) is -5.51. The Kier molecular flexibility index (Phi) is 5.58. The molecular weight excluding hydrogens is 343 g/mol. The molecule has 0 aromatic heterocycles. The molecule has 1 rings (SSSR count). The van der Waals surface area contributed by atoms with Crippen LogP contribution in [0.25, 0.3) is 0 Å². The molecule has 1 aromatic rings. The van der Waals surface area contributed by atoms with Crippen LogP contribution in [0.4, 0.5) is 22.0 Å². The SMILES string of the molecule is O=S(=O)(O)C(F)(F)C(OSCc1ccccc1)C(F)(F)F. The number of halogens is 5. The van der Waals surface area contributed by atoms with Crippen LogP contribution in [0.15, 0.2) is 30.3 Å². The van der Waals surface area contributed by atoms with Gasteiger partial charge in [0.25, 0.3) is 0 Å². The molecular formula is C10H9F5O4S2. The predicted molar refractivity (Wildman–Crippen MR) is 65.2 cm³/mol. The molecule has 0 spiro atoms. The smallest absolute Gasteiger partial charge is 0.294 e. The minimum absolute atomic E-state index is 0.00875. The van der Waals surface area contributed by atoms with E-state index in [9.17, 15) is 30.4 Å². The fraction of sp³-hybridized carbons (Fsp3) is 0.400. The van der Waals surface area contributed by atoms with Gasteiger partial charge in [0.1, 0.15) is 0 Å². The average Bonchev–Trinajstić information content (AvgIpc) is 2.32. The number of rotatable bonds is 6. The van der Waals surface area contributed by atoms with Crippen LogP contribution >= 0.6 is 12.0 Å². The highest BCUT2D eigenvalue weighted by Gasteiger charge is 2.64. The Labute approximate surface area is 121 Å². The van der Waals surface area contributed by atoms with E-state index in [-0.39, 0.29) is 17.8 Å². The summed E-state index contributed by atoms with van der Waals surface area (Å²) in [6.07, 6.45) is -9.66. The first-order chi connectivity index (χ1) is 9.46. The van der Waals surface area contributed by atoms with Crippen molar-refractivity contribution in [1.82, 2.24) is 0 Å². The lowest BCUT2D eigenvalue weighted by Crippen LogP contribution is -2.50. The molecule has 0 aliphatic heterocycles. The lowest BCUT2D eigenvalue weighted by Gasteiger charge is -2.25. The van der Waals surface area contributed by atoms with Crippen LogP contribution in [-0.4, -0.2) is 30.5 Å². The molecule has 0 amide bonds. The first kappa shape index (κ1) is 18.1. The predicted octanol–water partition coefficient (Wildman–Crippen LogP) is 3.26. The van der Waals surface area contributed by atoms with E-state index in [4.69, 9.17) is 4.55 Å². The second-order valence-corrected chi connectivity index (χ2v) is 6.01. The number of hydrogen-bond acceptors (Lipinski definition) is 4. The van der Waals surface area contributed by atoms with Crippen molar-refractivity contribution in [3.63, 3.8) is 0 Å². The van der Waals surface area contributed by atoms with Crippen molar-refractivity contribution in [1.29, 1.82) is 0 Å². The van der Waals surface area contributed by atoms with E-state index in [1.54, 1.807) is 18.2 Å². The van der Waals surface area contributed by atoms with E-state index >= 15 is 0 Å². The molecule has 1 atom stereocenters. The van der Waals surface area contributed by atoms with Crippen molar-refractivity contribution in [3.8, 4) is 0 Å². The zero-order valence-electron chi connectivity index (χ0n) is 10.0. The van der Waals surface area contributed by atoms with E-state index in [0.29, 0.717) is 5.56 Å². The summed E-state index contributed by atoms with van der Waals surface area (Å²) in [5.74, 6) is -0.213. The van der Waals surface area contributed by atoms with E-state index in [2.05, 4.69) is 4.18 Å². The van der Waals surface area contributed by atoms with E-state index in [1.165, 1.54) is 12.1 Å². The van der Waals surface area contributed by atoms with Gasteiger partial charge in [-0.3, -0.25) is 8.74 Å². The summed E-state index contributed by atoms with van der Waals surface area (Å²) in [4.78, 5) is 0. The molecule has 21 heavy (non-hydrogen) atoms. The molecule has 1 unspecified atom stereocenters. The lowest BCUT2D eigenvalue weighted by molar-refractivity contribution is -0.235. The number of hydrogen-bond donors (Lipinski definition) is 1. The molecule has 0 aliphatic rings. The molecule has 0 bridgehead atoms. The third-order valence-corrected chi connectivity index (χ3v) is 3.86. The summed E-state index contributed by atoms with van der Waals surface area (Å²) in [6.45, 7) is 0. The minimum atomic E-state index is -6.27. The molecule has 120 valence electrons. The van der Waals surface area contributed by atoms with Crippen LogP contribution in [0, 0.1) is 0 Å². The summed E-state index contributed by atoms with van der Waals surface area (Å²) in [5.41, 5.74) is 0.485. The van der Waals surface area contributed by atoms with Crippen molar-refractivity contribution in [3.05, 3.63) is 35.9 Å². The maximum atomic E-state index is 13.1. The van der Waals surface area contributed by atoms with Crippen LogP contribution in [0.2, 0.25) is 0 Å². The maximum absolute atomic E-state index is 13.1. The molecule has 0 radical (unpaired) electrons. The van der Waals surface area contributed by atoms with E-state index < -0.39 is 27.7 Å². The Balaban J connectivity index is 2.82. The van der Waals surface area contributed by atoms with Gasteiger partial charge in [-0.15, -0.1) is 0 Å². The second kappa shape index (κ2) is 6.46. The van der Waals surface area contributed by atoms with Gasteiger partial charge < -0.3 is 0 Å². The topological polar surface area (TPSA) is 63.6 Å². The van der Waals surface area contributed by atoms with Gasteiger partial charge in [0.2, 0.25) is 6.10 Å². The molecule has 0 heterocycles. The maximum Gasteiger partial charge on any atom is 0.423 e. The summed E-state index contributed by atoms with van der Waals surface area (Å²) < 4.78 is 96.6. The van der Waals surface area contributed by atoms with Gasteiger partial charge in [0.05, 0.1) is 0 Å². The average molecular weight is 352 g/mol. The van der Waals surface area contributed by atoms with Crippen LogP contribution in [-0.2, 0) is 20.1 Å². The Bertz CT molecular complexity index is 559. The molecule has 0 fully saturated rings. The Morgan fingerprint density at radius 2 is 1.67 bits per heavy atom. The standard InChI is InChI=1S/C10H9F5O4S2/c11-9(12,13)8(10(14,15)21(16,17)18)19-20-6-7-4-2-1-3-5-7/h1-5,8H,6H2,(H,16,17,18). The van der Waals surface area contributed by atoms with Crippen LogP contribution in [0.5, 0.6) is 0 Å². The highest BCUT2D eigenvalue weighted by atomic mass is 32.2. The van der Waals surface area contributed by atoms with Crippen molar-refractivity contribution < 1.29 is 39.1 Å². The highest BCUT2D eigenvalue weighted by molar-refractivity contribution is 7.94. The van der Waals surface area contributed by atoms with Crippen LogP contribution in [0.1, 0.15) is 5.56 Å².